The summed E-state index contributed by atoms with van der Waals surface area (Å²) >= 11 is 3.43. The van der Waals surface area contributed by atoms with Crippen LogP contribution in [0.5, 0.6) is 17.2 Å². The SMILES string of the molecule is CC(=O)OCC(=O)c1ccc2c(c1)COc1cc3c(cc1-2)CCC(Br)C3=O.CC(=O)OCC(=O)c1ccc2c(c1)COc1cc3c(cc1-2)CCC(OC(C)=O)C3=O.CC1=Nc2ccc3cc4c(cc3c2C1)OCc1cc(-c2cnc(C)[nH]2)ccc1-4. The van der Waals surface area contributed by atoms with Crippen molar-refractivity contribution in [2.24, 2.45) is 4.99 Å². The quantitative estimate of drug-likeness (QED) is 0.0648. The molecule has 7 aromatic carbocycles. The predicted octanol–water partition coefficient (Wildman–Crippen LogP) is 12.7. The van der Waals surface area contributed by atoms with Crippen molar-refractivity contribution < 1.29 is 62.0 Å². The molecule has 0 saturated carbocycles. The lowest BCUT2D eigenvalue weighted by Crippen LogP contribution is -2.31. The van der Waals surface area contributed by atoms with Crippen LogP contribution in [0.4, 0.5) is 5.69 Å². The van der Waals surface area contributed by atoms with Gasteiger partial charge in [-0.2, -0.15) is 0 Å². The summed E-state index contributed by atoms with van der Waals surface area (Å²) in [6.07, 6.45) is 4.72. The Balaban J connectivity index is 0.000000125. The molecule has 0 radical (unpaired) electrons. The van der Waals surface area contributed by atoms with Gasteiger partial charge in [-0.1, -0.05) is 58.4 Å². The molecular weight excluding hydrogens is 1150 g/mol. The number of nitrogens with zero attached hydrogens (tertiary/aromatic N) is 2. The van der Waals surface area contributed by atoms with E-state index >= 15 is 0 Å². The highest BCUT2D eigenvalue weighted by atomic mass is 79.9. The van der Waals surface area contributed by atoms with Gasteiger partial charge in [-0.25, -0.2) is 4.98 Å². The number of aryl methyl sites for hydroxylation is 3. The Morgan fingerprint density at radius 1 is 0.576 bits per heavy atom. The monoisotopic (exact) mass is 1200 g/mol. The molecular formula is C68H56BrN3O13. The summed E-state index contributed by atoms with van der Waals surface area (Å²) < 4.78 is 32.6. The van der Waals surface area contributed by atoms with Crippen molar-refractivity contribution in [1.82, 2.24) is 9.97 Å². The zero-order valence-electron chi connectivity index (χ0n) is 47.2. The Morgan fingerprint density at radius 3 is 1.68 bits per heavy atom. The van der Waals surface area contributed by atoms with Gasteiger partial charge in [0.25, 0.3) is 0 Å². The number of alkyl halides is 1. The average Bonchev–Trinajstić information content (AvgIpc) is 2.03. The first kappa shape index (κ1) is 56.1. The summed E-state index contributed by atoms with van der Waals surface area (Å²) in [4.78, 5) is 94.7. The number of aromatic amines is 1. The molecule has 17 heteroatoms. The second-order valence-electron chi connectivity index (χ2n) is 21.8. The maximum absolute atomic E-state index is 12.7. The Labute approximate surface area is 497 Å². The minimum absolute atomic E-state index is 0.0971. The van der Waals surface area contributed by atoms with Gasteiger partial charge in [-0.15, -0.1) is 0 Å². The van der Waals surface area contributed by atoms with E-state index in [-0.39, 0.29) is 47.8 Å². The number of imidazole rings is 1. The van der Waals surface area contributed by atoms with Crippen LogP contribution in [0.15, 0.2) is 114 Å². The molecule has 0 bridgehead atoms. The molecule has 2 unspecified atom stereocenters. The first-order valence-corrected chi connectivity index (χ1v) is 28.8. The first-order valence-electron chi connectivity index (χ1n) is 27.9. The number of aromatic nitrogens is 2. The standard InChI is InChI=1S/C24H19N3O.C23H20O7.C21H17BrO5/c1-13-7-20-19-10-24-21(9-15(19)4-6-22(20)26-13)18-5-3-16(8-17(18)12-28-24)23-11-25-14(2)27-23;1-12(24)28-11-20(26)15-3-5-17-16(7-15)10-29-22-9-18-14(8-19(17)22)4-6-21(23(18)27)30-13(2)25;1-11(23)26-10-19(24)13-2-4-15-14(6-13)9-27-20-8-16-12(7-17(15)20)3-5-18(22)21(16)25/h3-6,8-11H,7,12H2,1-2H3,(H,25,27);3,5,7-9,21H,4,6,10-11H2,1-2H3;2,4,6-8,18H,3,5,9-10H2,1H3. The molecule has 2 atom stereocenters. The zero-order valence-corrected chi connectivity index (χ0v) is 48.8. The minimum Gasteiger partial charge on any atom is -0.488 e. The second-order valence-corrected chi connectivity index (χ2v) is 22.9. The third kappa shape index (κ3) is 11.3. The van der Waals surface area contributed by atoms with E-state index in [1.165, 1.54) is 53.9 Å². The highest BCUT2D eigenvalue weighted by molar-refractivity contribution is 9.10. The molecule has 2 aliphatic carbocycles. The molecule has 0 fully saturated rings. The second kappa shape index (κ2) is 23.0. The molecule has 8 aromatic rings. The van der Waals surface area contributed by atoms with Gasteiger partial charge in [-0.3, -0.25) is 38.6 Å². The fourth-order valence-corrected chi connectivity index (χ4v) is 12.2. The van der Waals surface area contributed by atoms with Crippen LogP contribution < -0.4 is 14.2 Å². The number of ether oxygens (including phenoxy) is 6. The van der Waals surface area contributed by atoms with Gasteiger partial charge >= 0.3 is 17.9 Å². The number of carbonyl (C=O) groups excluding carboxylic acids is 7. The molecule has 0 spiro atoms. The van der Waals surface area contributed by atoms with E-state index < -0.39 is 24.0 Å². The first-order chi connectivity index (χ1) is 40.9. The van der Waals surface area contributed by atoms with Crippen molar-refractivity contribution in [1.29, 1.82) is 0 Å². The van der Waals surface area contributed by atoms with Gasteiger partial charge < -0.3 is 33.4 Å². The third-order valence-corrected chi connectivity index (χ3v) is 16.8. The summed E-state index contributed by atoms with van der Waals surface area (Å²) in [5.74, 6) is 1.04. The summed E-state index contributed by atoms with van der Waals surface area (Å²) in [5, 5.41) is 2.50. The van der Waals surface area contributed by atoms with Gasteiger partial charge in [0.2, 0.25) is 5.78 Å². The number of carbonyl (C=O) groups is 7. The Bertz CT molecular complexity index is 4230. The van der Waals surface area contributed by atoms with Crippen molar-refractivity contribution in [3.05, 3.63) is 171 Å². The van der Waals surface area contributed by atoms with E-state index in [0.717, 1.165) is 103 Å². The number of H-pyrrole nitrogens is 1. The van der Waals surface area contributed by atoms with E-state index in [1.54, 1.807) is 30.3 Å². The zero-order chi connectivity index (χ0) is 59.4. The molecule has 85 heavy (non-hydrogen) atoms. The normalized spacial score (nSPS) is 16.0. The van der Waals surface area contributed by atoms with Gasteiger partial charge in [-0.05, 0) is 167 Å². The molecule has 14 rings (SSSR count). The van der Waals surface area contributed by atoms with Crippen molar-refractivity contribution in [3.8, 4) is 61.9 Å². The van der Waals surface area contributed by atoms with E-state index in [1.807, 2.05) is 43.5 Å². The van der Waals surface area contributed by atoms with Gasteiger partial charge in [0.05, 0.1) is 22.4 Å². The molecule has 4 aliphatic heterocycles. The molecule has 428 valence electrons. The van der Waals surface area contributed by atoms with Gasteiger partial charge in [0.15, 0.2) is 36.7 Å². The summed E-state index contributed by atoms with van der Waals surface area (Å²) in [7, 11) is 0. The number of halogens is 1. The number of hydrogen-bond acceptors (Lipinski definition) is 15. The Hall–Kier alpha value is -9.35. The lowest BCUT2D eigenvalue weighted by atomic mass is 9.84. The predicted molar refractivity (Wildman–Crippen MR) is 320 cm³/mol. The summed E-state index contributed by atoms with van der Waals surface area (Å²) in [5.41, 5.74) is 18.9. The largest absolute Gasteiger partial charge is 0.488 e. The lowest BCUT2D eigenvalue weighted by Gasteiger charge is -2.27. The topological polar surface area (TPSA) is 216 Å². The number of nitrogens with one attached hydrogen (secondary N) is 1. The molecule has 1 aromatic heterocycles. The van der Waals surface area contributed by atoms with Crippen LogP contribution in [0.25, 0.3) is 55.4 Å². The van der Waals surface area contributed by atoms with Crippen LogP contribution in [0, 0.1) is 6.92 Å². The van der Waals surface area contributed by atoms with Crippen molar-refractivity contribution in [2.75, 3.05) is 13.2 Å². The van der Waals surface area contributed by atoms with Crippen molar-refractivity contribution in [3.63, 3.8) is 0 Å². The van der Waals surface area contributed by atoms with E-state index in [0.29, 0.717) is 54.2 Å². The fourth-order valence-electron chi connectivity index (χ4n) is 11.8. The van der Waals surface area contributed by atoms with E-state index in [9.17, 15) is 33.6 Å². The van der Waals surface area contributed by atoms with Crippen LogP contribution in [-0.4, -0.2) is 80.9 Å². The maximum Gasteiger partial charge on any atom is 0.303 e. The van der Waals surface area contributed by atoms with Crippen LogP contribution in [-0.2, 0) is 67.7 Å². The smallest absolute Gasteiger partial charge is 0.303 e. The number of benzene rings is 7. The summed E-state index contributed by atoms with van der Waals surface area (Å²) in [6, 6.07) is 33.5. The lowest BCUT2D eigenvalue weighted by molar-refractivity contribution is -0.144. The Kier molecular flexibility index (Phi) is 15.2. The number of Topliss-reactive ketones (excluding diaryl/α,β-unsaturated/α-hetero) is 4. The number of fused-ring (bicyclic) bond motifs is 14. The molecule has 1 N–H and O–H groups in total. The number of esters is 3. The average molecular weight is 1200 g/mol. The van der Waals surface area contributed by atoms with E-state index in [2.05, 4.69) is 80.3 Å². The van der Waals surface area contributed by atoms with E-state index in [4.69, 9.17) is 28.4 Å². The number of aliphatic imine (C=N–C) groups is 1. The third-order valence-electron chi connectivity index (χ3n) is 15.9. The van der Waals surface area contributed by atoms with Gasteiger partial charge in [0, 0.05) is 71.8 Å². The number of rotatable bonds is 8. The van der Waals surface area contributed by atoms with Crippen molar-refractivity contribution in [2.45, 2.75) is 97.5 Å². The molecule has 0 amide bonds. The fraction of sp³-hybridized carbons (Fsp3) is 0.250. The molecule has 0 saturated heterocycles. The molecule has 16 nitrogen and oxygen atoms in total. The highest BCUT2D eigenvalue weighted by Gasteiger charge is 2.33. The maximum atomic E-state index is 12.7. The molecule has 6 aliphatic rings. The van der Waals surface area contributed by atoms with Crippen LogP contribution >= 0.6 is 15.9 Å². The van der Waals surface area contributed by atoms with Crippen molar-refractivity contribution >= 4 is 79.1 Å². The number of hydrogen-bond donors (Lipinski definition) is 1. The van der Waals surface area contributed by atoms with Crippen LogP contribution in [0.1, 0.15) is 121 Å². The van der Waals surface area contributed by atoms with Crippen LogP contribution in [0.3, 0.4) is 0 Å². The Morgan fingerprint density at radius 2 is 1.12 bits per heavy atom. The van der Waals surface area contributed by atoms with Crippen LogP contribution in [0.2, 0.25) is 0 Å². The van der Waals surface area contributed by atoms with Gasteiger partial charge in [0.1, 0.15) is 42.9 Å². The highest BCUT2D eigenvalue weighted by Crippen LogP contribution is 2.46. The summed E-state index contributed by atoms with van der Waals surface area (Å²) in [6.45, 7) is 8.46. The minimum atomic E-state index is -0.755. The molecule has 5 heterocycles. The number of ketones is 4.